The first-order chi connectivity index (χ1) is 13.6. The molecule has 0 amide bonds. The van der Waals surface area contributed by atoms with Crippen molar-refractivity contribution in [3.63, 3.8) is 0 Å². The van der Waals surface area contributed by atoms with E-state index in [2.05, 4.69) is 19.7 Å². The molecule has 2 heterocycles. The molecule has 0 aliphatic rings. The summed E-state index contributed by atoms with van der Waals surface area (Å²) in [6.07, 6.45) is 4.98. The van der Waals surface area contributed by atoms with Gasteiger partial charge in [0.05, 0.1) is 35.1 Å². The molecular formula is C20H16N4O3S. The molecule has 2 aromatic heterocycles. The number of rotatable bonds is 5. The Hall–Kier alpha value is -3.52. The summed E-state index contributed by atoms with van der Waals surface area (Å²) in [5.74, 6) is 0.582. The van der Waals surface area contributed by atoms with Crippen LogP contribution in [0.1, 0.15) is 0 Å². The van der Waals surface area contributed by atoms with Gasteiger partial charge in [0.15, 0.2) is 0 Å². The number of anilines is 1. The predicted octanol–water partition coefficient (Wildman–Crippen LogP) is 3.50. The number of hydrogen-bond donors (Lipinski definition) is 1. The lowest BCUT2D eigenvalue weighted by molar-refractivity contribution is 0.414. The molecule has 1 N–H and O–H groups in total. The molecule has 0 fully saturated rings. The fourth-order valence-electron chi connectivity index (χ4n) is 2.74. The quantitative estimate of drug-likeness (QED) is 0.559. The Balaban J connectivity index is 1.70. The predicted molar refractivity (Wildman–Crippen MR) is 107 cm³/mol. The molecule has 0 saturated carbocycles. The number of aromatic nitrogens is 3. The first kappa shape index (κ1) is 17.9. The van der Waals surface area contributed by atoms with E-state index in [0.717, 1.165) is 5.56 Å². The molecule has 28 heavy (non-hydrogen) atoms. The minimum Gasteiger partial charge on any atom is -0.497 e. The standard InChI is InChI=1S/C20H16N4O3S/c1-27-15-5-7-16(8-6-15)28(25,26)24-18-4-2-3-17-20(18)22-13-19(23-17)14-9-11-21-12-10-14/h2-13,24H,1H3. The van der Waals surface area contributed by atoms with Crippen LogP contribution in [0.15, 0.2) is 78.1 Å². The average molecular weight is 392 g/mol. The number of ether oxygens (including phenoxy) is 1. The molecule has 0 aliphatic heterocycles. The van der Waals surface area contributed by atoms with Gasteiger partial charge >= 0.3 is 0 Å². The minimum absolute atomic E-state index is 0.131. The zero-order valence-corrected chi connectivity index (χ0v) is 15.7. The summed E-state index contributed by atoms with van der Waals surface area (Å²) in [7, 11) is -2.25. The van der Waals surface area contributed by atoms with Crippen molar-refractivity contribution in [1.29, 1.82) is 0 Å². The number of benzene rings is 2. The molecule has 0 spiro atoms. The average Bonchev–Trinajstić information content (AvgIpc) is 2.74. The number of nitrogens with one attached hydrogen (secondary N) is 1. The summed E-state index contributed by atoms with van der Waals surface area (Å²) in [6, 6.07) is 15.0. The van der Waals surface area contributed by atoms with Gasteiger partial charge in [0.25, 0.3) is 10.0 Å². The van der Waals surface area contributed by atoms with Crippen LogP contribution in [-0.4, -0.2) is 30.5 Å². The number of para-hydroxylation sites is 1. The zero-order valence-electron chi connectivity index (χ0n) is 14.9. The Morgan fingerprint density at radius 1 is 0.964 bits per heavy atom. The molecule has 140 valence electrons. The minimum atomic E-state index is -3.77. The first-order valence-electron chi connectivity index (χ1n) is 8.40. The Bertz CT molecular complexity index is 1230. The van der Waals surface area contributed by atoms with E-state index in [1.54, 1.807) is 48.9 Å². The summed E-state index contributed by atoms with van der Waals surface area (Å²) in [5, 5.41) is 0. The van der Waals surface area contributed by atoms with Crippen LogP contribution in [0, 0.1) is 0 Å². The maximum Gasteiger partial charge on any atom is 0.261 e. The van der Waals surface area contributed by atoms with Gasteiger partial charge < -0.3 is 4.74 Å². The molecule has 0 atom stereocenters. The molecule has 7 nitrogen and oxygen atoms in total. The Labute approximate surface area is 162 Å². The molecule has 0 aliphatic carbocycles. The van der Waals surface area contributed by atoms with Crippen LogP contribution in [0.5, 0.6) is 5.75 Å². The van der Waals surface area contributed by atoms with Gasteiger partial charge in [-0.05, 0) is 48.5 Å². The van der Waals surface area contributed by atoms with Crippen LogP contribution in [0.25, 0.3) is 22.3 Å². The van der Waals surface area contributed by atoms with Crippen molar-refractivity contribution in [3.05, 3.63) is 73.2 Å². The molecule has 4 aromatic rings. The van der Waals surface area contributed by atoms with Crippen molar-refractivity contribution in [2.45, 2.75) is 4.90 Å². The highest BCUT2D eigenvalue weighted by Gasteiger charge is 2.16. The highest BCUT2D eigenvalue weighted by atomic mass is 32.2. The van der Waals surface area contributed by atoms with Crippen molar-refractivity contribution in [2.75, 3.05) is 11.8 Å². The summed E-state index contributed by atoms with van der Waals surface area (Å²) < 4.78 is 33.1. The summed E-state index contributed by atoms with van der Waals surface area (Å²) in [6.45, 7) is 0. The van der Waals surface area contributed by atoms with Crippen LogP contribution >= 0.6 is 0 Å². The van der Waals surface area contributed by atoms with Gasteiger partial charge in [-0.15, -0.1) is 0 Å². The maximum atomic E-state index is 12.7. The van der Waals surface area contributed by atoms with Gasteiger partial charge in [-0.3, -0.25) is 14.7 Å². The van der Waals surface area contributed by atoms with Crippen molar-refractivity contribution in [2.24, 2.45) is 0 Å². The SMILES string of the molecule is COc1ccc(S(=O)(=O)Nc2cccc3nc(-c4ccncc4)cnc23)cc1. The molecule has 2 aromatic carbocycles. The van der Waals surface area contributed by atoms with Gasteiger partial charge in [-0.2, -0.15) is 0 Å². The van der Waals surface area contributed by atoms with Gasteiger partial charge in [-0.25, -0.2) is 13.4 Å². The van der Waals surface area contributed by atoms with Crippen molar-refractivity contribution in [1.82, 2.24) is 15.0 Å². The van der Waals surface area contributed by atoms with Crippen LogP contribution in [0.3, 0.4) is 0 Å². The second-order valence-electron chi connectivity index (χ2n) is 5.95. The number of methoxy groups -OCH3 is 1. The monoisotopic (exact) mass is 392 g/mol. The molecule has 0 radical (unpaired) electrons. The van der Waals surface area contributed by atoms with E-state index in [1.165, 1.54) is 19.2 Å². The molecule has 0 saturated heterocycles. The topological polar surface area (TPSA) is 94.1 Å². The zero-order chi connectivity index (χ0) is 19.6. The highest BCUT2D eigenvalue weighted by Crippen LogP contribution is 2.26. The first-order valence-corrected chi connectivity index (χ1v) is 9.88. The van der Waals surface area contributed by atoms with Gasteiger partial charge in [0.1, 0.15) is 11.3 Å². The largest absolute Gasteiger partial charge is 0.497 e. The number of nitrogens with zero attached hydrogens (tertiary/aromatic N) is 3. The third-order valence-corrected chi connectivity index (χ3v) is 5.54. The molecule has 8 heteroatoms. The van der Waals surface area contributed by atoms with E-state index in [9.17, 15) is 8.42 Å². The lowest BCUT2D eigenvalue weighted by Crippen LogP contribution is -2.13. The van der Waals surface area contributed by atoms with E-state index >= 15 is 0 Å². The van der Waals surface area contributed by atoms with Gasteiger partial charge in [0.2, 0.25) is 0 Å². The molecule has 4 rings (SSSR count). The summed E-state index contributed by atoms with van der Waals surface area (Å²) in [5.41, 5.74) is 2.99. The van der Waals surface area contributed by atoms with Gasteiger partial charge in [0, 0.05) is 18.0 Å². The smallest absolute Gasteiger partial charge is 0.261 e. The Kier molecular flexibility index (Phi) is 4.62. The van der Waals surface area contributed by atoms with Crippen LogP contribution < -0.4 is 9.46 Å². The van der Waals surface area contributed by atoms with E-state index in [0.29, 0.717) is 28.2 Å². The van der Waals surface area contributed by atoms with Crippen molar-refractivity contribution >= 4 is 26.7 Å². The summed E-state index contributed by atoms with van der Waals surface area (Å²) in [4.78, 5) is 13.1. The lowest BCUT2D eigenvalue weighted by Gasteiger charge is -2.11. The lowest BCUT2D eigenvalue weighted by atomic mass is 10.2. The van der Waals surface area contributed by atoms with Crippen molar-refractivity contribution < 1.29 is 13.2 Å². The molecule has 0 unspecified atom stereocenters. The van der Waals surface area contributed by atoms with E-state index < -0.39 is 10.0 Å². The third kappa shape index (κ3) is 3.49. The maximum absolute atomic E-state index is 12.7. The van der Waals surface area contributed by atoms with Gasteiger partial charge in [-0.1, -0.05) is 6.07 Å². The molecular weight excluding hydrogens is 376 g/mol. The second-order valence-corrected chi connectivity index (χ2v) is 7.63. The summed E-state index contributed by atoms with van der Waals surface area (Å²) >= 11 is 0. The number of hydrogen-bond acceptors (Lipinski definition) is 6. The fourth-order valence-corrected chi connectivity index (χ4v) is 3.81. The second kappa shape index (κ2) is 7.24. The van der Waals surface area contributed by atoms with E-state index in [1.807, 2.05) is 12.1 Å². The Morgan fingerprint density at radius 3 is 2.43 bits per heavy atom. The van der Waals surface area contributed by atoms with E-state index in [4.69, 9.17) is 4.74 Å². The van der Waals surface area contributed by atoms with Crippen LogP contribution in [0.2, 0.25) is 0 Å². The molecule has 0 bridgehead atoms. The highest BCUT2D eigenvalue weighted by molar-refractivity contribution is 7.92. The van der Waals surface area contributed by atoms with Crippen LogP contribution in [-0.2, 0) is 10.0 Å². The normalized spacial score (nSPS) is 11.3. The third-order valence-electron chi connectivity index (χ3n) is 4.16. The van der Waals surface area contributed by atoms with E-state index in [-0.39, 0.29) is 4.90 Å². The van der Waals surface area contributed by atoms with Crippen LogP contribution in [0.4, 0.5) is 5.69 Å². The number of pyridine rings is 1. The fraction of sp³-hybridized carbons (Fsp3) is 0.0500. The van der Waals surface area contributed by atoms with Crippen molar-refractivity contribution in [3.8, 4) is 17.0 Å². The number of fused-ring (bicyclic) bond motifs is 1. The number of sulfonamides is 1. The Morgan fingerprint density at radius 2 is 1.71 bits per heavy atom.